The Hall–Kier alpha value is -1.05. The molecule has 0 amide bonds. The summed E-state index contributed by atoms with van der Waals surface area (Å²) in [7, 11) is 0. The van der Waals surface area contributed by atoms with E-state index in [1.54, 1.807) is 0 Å². The number of rotatable bonds is 0. The molecule has 0 radical (unpaired) electrons. The van der Waals surface area contributed by atoms with Crippen molar-refractivity contribution >= 4 is 5.78 Å². The second kappa shape index (κ2) is 1.82. The van der Waals surface area contributed by atoms with Gasteiger partial charge in [0.1, 0.15) is 0 Å². The van der Waals surface area contributed by atoms with Crippen LogP contribution >= 0.6 is 0 Å². The van der Waals surface area contributed by atoms with Crippen LogP contribution in [0.5, 0.6) is 0 Å². The molecule has 0 spiro atoms. The van der Waals surface area contributed by atoms with E-state index in [0.29, 0.717) is 23.5 Å². The molecular formula is C10H11NO. The molecule has 62 valence electrons. The molecular weight excluding hydrogens is 150 g/mol. The number of carbonyl (C=O) groups excluding carboxylic acids is 1. The predicted molar refractivity (Wildman–Crippen MR) is 45.0 cm³/mol. The first-order valence-corrected chi connectivity index (χ1v) is 4.47. The highest BCUT2D eigenvalue weighted by Crippen LogP contribution is 2.52. The standard InChI is InChI=1S/C10H11NO/c11-8-4-7-5-1-2-6(3-5)9(7)10(8)12/h1-2,4-7,9H,3,11H2/t5?,6?,7-,9+/m1/s1. The zero-order chi connectivity index (χ0) is 8.29. The Balaban J connectivity index is 2.07. The highest BCUT2D eigenvalue weighted by atomic mass is 16.1. The first-order chi connectivity index (χ1) is 5.77. The zero-order valence-corrected chi connectivity index (χ0v) is 6.73. The minimum atomic E-state index is 0.192. The highest BCUT2D eigenvalue weighted by molar-refractivity contribution is 6.00. The first kappa shape index (κ1) is 6.46. The van der Waals surface area contributed by atoms with Crippen molar-refractivity contribution in [1.29, 1.82) is 0 Å². The molecule has 2 N–H and O–H groups in total. The van der Waals surface area contributed by atoms with Crippen LogP contribution in [0.3, 0.4) is 0 Å². The van der Waals surface area contributed by atoms with Crippen LogP contribution < -0.4 is 5.73 Å². The number of carbonyl (C=O) groups is 1. The van der Waals surface area contributed by atoms with E-state index >= 15 is 0 Å². The van der Waals surface area contributed by atoms with Gasteiger partial charge in [-0.2, -0.15) is 0 Å². The van der Waals surface area contributed by atoms with E-state index in [2.05, 4.69) is 12.2 Å². The molecule has 3 rings (SSSR count). The van der Waals surface area contributed by atoms with Crippen LogP contribution in [0.4, 0.5) is 0 Å². The van der Waals surface area contributed by atoms with Crippen molar-refractivity contribution in [3.05, 3.63) is 23.9 Å². The molecule has 0 heterocycles. The summed E-state index contributed by atoms with van der Waals surface area (Å²) in [5, 5.41) is 0. The molecule has 2 bridgehead atoms. The van der Waals surface area contributed by atoms with Gasteiger partial charge in [0.05, 0.1) is 5.70 Å². The lowest BCUT2D eigenvalue weighted by atomic mass is 9.85. The summed E-state index contributed by atoms with van der Waals surface area (Å²) in [4.78, 5) is 11.5. The normalized spacial score (nSPS) is 48.3. The van der Waals surface area contributed by atoms with Gasteiger partial charge in [-0.15, -0.1) is 0 Å². The largest absolute Gasteiger partial charge is 0.396 e. The third-order valence-corrected chi connectivity index (χ3v) is 3.48. The molecule has 0 aromatic heterocycles. The van der Waals surface area contributed by atoms with E-state index in [4.69, 9.17) is 5.73 Å². The number of ketones is 1. The van der Waals surface area contributed by atoms with Crippen molar-refractivity contribution in [1.82, 2.24) is 0 Å². The summed E-state index contributed by atoms with van der Waals surface area (Å²) in [6.45, 7) is 0. The third kappa shape index (κ3) is 0.554. The predicted octanol–water partition coefficient (Wildman–Crippen LogP) is 0.850. The van der Waals surface area contributed by atoms with Crippen molar-refractivity contribution in [2.24, 2.45) is 29.4 Å². The third-order valence-electron chi connectivity index (χ3n) is 3.48. The van der Waals surface area contributed by atoms with Gasteiger partial charge in [-0.05, 0) is 24.2 Å². The second-order valence-electron chi connectivity index (χ2n) is 4.04. The smallest absolute Gasteiger partial charge is 0.182 e. The van der Waals surface area contributed by atoms with Crippen LogP contribution in [0.1, 0.15) is 6.42 Å². The Labute approximate surface area is 71.1 Å². The quantitative estimate of drug-likeness (QED) is 0.535. The van der Waals surface area contributed by atoms with Crippen molar-refractivity contribution < 1.29 is 4.79 Å². The highest BCUT2D eigenvalue weighted by Gasteiger charge is 2.50. The van der Waals surface area contributed by atoms with E-state index in [9.17, 15) is 4.79 Å². The Morgan fingerprint density at radius 3 is 2.83 bits per heavy atom. The zero-order valence-electron chi connectivity index (χ0n) is 6.73. The fraction of sp³-hybridized carbons (Fsp3) is 0.500. The lowest BCUT2D eigenvalue weighted by Crippen LogP contribution is -2.22. The molecule has 0 aliphatic heterocycles. The molecule has 2 unspecified atom stereocenters. The lowest BCUT2D eigenvalue weighted by molar-refractivity contribution is -0.119. The van der Waals surface area contributed by atoms with Crippen LogP contribution in [0.2, 0.25) is 0 Å². The van der Waals surface area contributed by atoms with Gasteiger partial charge in [0.2, 0.25) is 0 Å². The maximum Gasteiger partial charge on any atom is 0.182 e. The molecule has 0 saturated heterocycles. The molecule has 3 aliphatic rings. The monoisotopic (exact) mass is 161 g/mol. The summed E-state index contributed by atoms with van der Waals surface area (Å²) >= 11 is 0. The first-order valence-electron chi connectivity index (χ1n) is 4.47. The van der Waals surface area contributed by atoms with E-state index in [1.807, 2.05) is 6.08 Å². The minimum absolute atomic E-state index is 0.192. The number of Topliss-reactive ketones (excluding diaryl/α,β-unsaturated/α-hetero) is 1. The number of allylic oxidation sites excluding steroid dienone is 4. The lowest BCUT2D eigenvalue weighted by Gasteiger charge is -2.17. The van der Waals surface area contributed by atoms with Crippen LogP contribution in [-0.4, -0.2) is 5.78 Å². The van der Waals surface area contributed by atoms with Crippen LogP contribution in [-0.2, 0) is 4.79 Å². The molecule has 12 heavy (non-hydrogen) atoms. The van der Waals surface area contributed by atoms with Crippen LogP contribution in [0, 0.1) is 23.7 Å². The Bertz CT molecular complexity index is 316. The van der Waals surface area contributed by atoms with E-state index in [-0.39, 0.29) is 11.7 Å². The van der Waals surface area contributed by atoms with Gasteiger partial charge in [0.25, 0.3) is 0 Å². The van der Waals surface area contributed by atoms with Gasteiger partial charge in [-0.25, -0.2) is 0 Å². The molecule has 0 aromatic carbocycles. The van der Waals surface area contributed by atoms with Crippen LogP contribution in [0.15, 0.2) is 23.9 Å². The summed E-state index contributed by atoms with van der Waals surface area (Å²) in [5.41, 5.74) is 6.11. The number of hydrogen-bond donors (Lipinski definition) is 1. The Morgan fingerprint density at radius 1 is 1.33 bits per heavy atom. The number of fused-ring (bicyclic) bond motifs is 5. The topological polar surface area (TPSA) is 43.1 Å². The Morgan fingerprint density at radius 2 is 2.08 bits per heavy atom. The summed E-state index contributed by atoms with van der Waals surface area (Å²) in [6, 6.07) is 0. The number of hydrogen-bond acceptors (Lipinski definition) is 2. The Kier molecular flexibility index (Phi) is 0.978. The fourth-order valence-electron chi connectivity index (χ4n) is 2.94. The molecule has 2 heteroatoms. The maximum absolute atomic E-state index is 11.5. The average molecular weight is 161 g/mol. The van der Waals surface area contributed by atoms with Gasteiger partial charge in [0, 0.05) is 5.92 Å². The van der Waals surface area contributed by atoms with Gasteiger partial charge < -0.3 is 5.73 Å². The summed E-state index contributed by atoms with van der Waals surface area (Å²) in [6.07, 6.45) is 7.58. The number of nitrogens with two attached hydrogens (primary N) is 1. The molecule has 4 atom stereocenters. The van der Waals surface area contributed by atoms with Gasteiger partial charge in [0.15, 0.2) is 5.78 Å². The summed E-state index contributed by atoms with van der Waals surface area (Å²) in [5.74, 6) is 1.93. The molecule has 0 aromatic rings. The SMILES string of the molecule is NC1=C[C@@H]2C3C=CC(C3)[C@@H]2C1=O. The van der Waals surface area contributed by atoms with Gasteiger partial charge in [-0.3, -0.25) is 4.79 Å². The molecule has 1 saturated carbocycles. The van der Waals surface area contributed by atoms with E-state index < -0.39 is 0 Å². The van der Waals surface area contributed by atoms with Gasteiger partial charge >= 0.3 is 0 Å². The average Bonchev–Trinajstić information content (AvgIpc) is 2.66. The molecule has 3 aliphatic carbocycles. The molecule has 2 nitrogen and oxygen atoms in total. The van der Waals surface area contributed by atoms with E-state index in [0.717, 1.165) is 0 Å². The van der Waals surface area contributed by atoms with Crippen molar-refractivity contribution in [2.45, 2.75) is 6.42 Å². The fourth-order valence-corrected chi connectivity index (χ4v) is 2.94. The second-order valence-corrected chi connectivity index (χ2v) is 4.04. The van der Waals surface area contributed by atoms with Gasteiger partial charge in [-0.1, -0.05) is 18.2 Å². The van der Waals surface area contributed by atoms with Crippen molar-refractivity contribution in [3.8, 4) is 0 Å². The molecule has 1 fully saturated rings. The van der Waals surface area contributed by atoms with E-state index in [1.165, 1.54) is 6.42 Å². The minimum Gasteiger partial charge on any atom is -0.396 e. The van der Waals surface area contributed by atoms with Crippen molar-refractivity contribution in [3.63, 3.8) is 0 Å². The maximum atomic E-state index is 11.5. The summed E-state index contributed by atoms with van der Waals surface area (Å²) < 4.78 is 0. The van der Waals surface area contributed by atoms with Crippen LogP contribution in [0.25, 0.3) is 0 Å². The van der Waals surface area contributed by atoms with Crippen molar-refractivity contribution in [2.75, 3.05) is 0 Å².